The van der Waals surface area contributed by atoms with Gasteiger partial charge in [0.1, 0.15) is 6.54 Å². The first-order valence-corrected chi connectivity index (χ1v) is 7.06. The van der Waals surface area contributed by atoms with Gasteiger partial charge in [0.15, 0.2) is 0 Å². The van der Waals surface area contributed by atoms with Crippen LogP contribution >= 0.6 is 0 Å². The summed E-state index contributed by atoms with van der Waals surface area (Å²) in [7, 11) is 0. The van der Waals surface area contributed by atoms with Crippen LogP contribution in [0.25, 0.3) is 0 Å². The van der Waals surface area contributed by atoms with E-state index in [1.54, 1.807) is 6.92 Å². The molecule has 1 N–H and O–H groups in total. The van der Waals surface area contributed by atoms with Crippen molar-refractivity contribution in [1.29, 1.82) is 0 Å². The number of nitrogens with zero attached hydrogens (tertiary/aromatic N) is 1. The van der Waals surface area contributed by atoms with Gasteiger partial charge in [0.25, 0.3) is 0 Å². The maximum atomic E-state index is 12.1. The van der Waals surface area contributed by atoms with E-state index in [-0.39, 0.29) is 18.4 Å². The van der Waals surface area contributed by atoms with E-state index < -0.39 is 5.97 Å². The third-order valence-corrected chi connectivity index (χ3v) is 3.50. The van der Waals surface area contributed by atoms with Gasteiger partial charge in [0, 0.05) is 13.0 Å². The Morgan fingerprint density at radius 1 is 1.20 bits per heavy atom. The summed E-state index contributed by atoms with van der Waals surface area (Å²) in [6.45, 7) is 6.09. The number of amides is 1. The summed E-state index contributed by atoms with van der Waals surface area (Å²) >= 11 is 0. The number of carbonyl (C=O) groups excluding carboxylic acids is 1. The Hall–Kier alpha value is -1.84. The number of rotatable bonds is 7. The number of benzene rings is 1. The summed E-state index contributed by atoms with van der Waals surface area (Å²) in [5, 5.41) is 8.78. The fourth-order valence-corrected chi connectivity index (χ4v) is 2.13. The summed E-state index contributed by atoms with van der Waals surface area (Å²) in [4.78, 5) is 24.2. The lowest BCUT2D eigenvalue weighted by Crippen LogP contribution is -2.35. The first kappa shape index (κ1) is 16.2. The van der Waals surface area contributed by atoms with Gasteiger partial charge in [-0.15, -0.1) is 0 Å². The number of carboxylic acids is 1. The molecule has 4 nitrogen and oxygen atoms in total. The molecule has 1 aromatic rings. The molecular formula is C16H23NO3. The second-order valence-corrected chi connectivity index (χ2v) is 5.00. The van der Waals surface area contributed by atoms with E-state index in [0.717, 1.165) is 12.0 Å². The minimum Gasteiger partial charge on any atom is -0.480 e. The second kappa shape index (κ2) is 7.68. The summed E-state index contributed by atoms with van der Waals surface area (Å²) in [5.74, 6) is -0.988. The van der Waals surface area contributed by atoms with Crippen molar-refractivity contribution in [2.45, 2.75) is 39.5 Å². The minimum absolute atomic E-state index is 0.0938. The van der Waals surface area contributed by atoms with E-state index in [1.807, 2.05) is 19.1 Å². The van der Waals surface area contributed by atoms with E-state index in [1.165, 1.54) is 10.5 Å². The standard InChI is InChI=1S/C16H23NO3/c1-4-13-6-8-14(9-7-13)12(3)10-15(18)17(5-2)11-16(19)20/h6-9,12H,4-5,10-11H2,1-3H3,(H,19,20). The molecule has 1 unspecified atom stereocenters. The highest BCUT2D eigenvalue weighted by molar-refractivity contribution is 5.81. The zero-order valence-corrected chi connectivity index (χ0v) is 12.4. The molecule has 0 bridgehead atoms. The summed E-state index contributed by atoms with van der Waals surface area (Å²) in [6.07, 6.45) is 1.34. The average molecular weight is 277 g/mol. The van der Waals surface area contributed by atoms with Crippen LogP contribution in [-0.2, 0) is 16.0 Å². The Morgan fingerprint density at radius 2 is 1.80 bits per heavy atom. The van der Waals surface area contributed by atoms with Gasteiger partial charge in [0.05, 0.1) is 0 Å². The van der Waals surface area contributed by atoms with Crippen molar-refractivity contribution in [2.75, 3.05) is 13.1 Å². The van der Waals surface area contributed by atoms with Crippen LogP contribution in [0.2, 0.25) is 0 Å². The summed E-state index contributed by atoms with van der Waals surface area (Å²) < 4.78 is 0. The number of aryl methyl sites for hydroxylation is 1. The van der Waals surface area contributed by atoms with Crippen LogP contribution in [0.15, 0.2) is 24.3 Å². The van der Waals surface area contributed by atoms with Crippen molar-refractivity contribution in [1.82, 2.24) is 4.90 Å². The molecule has 0 aliphatic carbocycles. The lowest BCUT2D eigenvalue weighted by Gasteiger charge is -2.21. The highest BCUT2D eigenvalue weighted by atomic mass is 16.4. The molecule has 1 rings (SSSR count). The molecule has 1 atom stereocenters. The highest BCUT2D eigenvalue weighted by Crippen LogP contribution is 2.20. The first-order valence-electron chi connectivity index (χ1n) is 7.06. The predicted octanol–water partition coefficient (Wildman–Crippen LogP) is 2.68. The predicted molar refractivity (Wildman–Crippen MR) is 78.7 cm³/mol. The van der Waals surface area contributed by atoms with E-state index in [9.17, 15) is 9.59 Å². The van der Waals surface area contributed by atoms with Crippen molar-refractivity contribution in [3.05, 3.63) is 35.4 Å². The number of aliphatic carboxylic acids is 1. The van der Waals surface area contributed by atoms with E-state index in [4.69, 9.17) is 5.11 Å². The molecule has 1 aromatic carbocycles. The van der Waals surface area contributed by atoms with Crippen LogP contribution in [0.5, 0.6) is 0 Å². The quantitative estimate of drug-likeness (QED) is 0.833. The van der Waals surface area contributed by atoms with Crippen LogP contribution in [0.4, 0.5) is 0 Å². The highest BCUT2D eigenvalue weighted by Gasteiger charge is 2.18. The van der Waals surface area contributed by atoms with E-state index in [0.29, 0.717) is 13.0 Å². The molecule has 0 aliphatic rings. The lowest BCUT2D eigenvalue weighted by atomic mass is 9.96. The van der Waals surface area contributed by atoms with Gasteiger partial charge in [-0.3, -0.25) is 9.59 Å². The minimum atomic E-state index is -0.972. The van der Waals surface area contributed by atoms with Crippen LogP contribution < -0.4 is 0 Å². The fraction of sp³-hybridized carbons (Fsp3) is 0.500. The molecule has 0 radical (unpaired) electrons. The van der Waals surface area contributed by atoms with Gasteiger partial charge < -0.3 is 10.0 Å². The molecule has 0 saturated heterocycles. The molecule has 110 valence electrons. The van der Waals surface area contributed by atoms with Crippen molar-refractivity contribution < 1.29 is 14.7 Å². The molecule has 20 heavy (non-hydrogen) atoms. The first-order chi connectivity index (χ1) is 9.47. The number of hydrogen-bond donors (Lipinski definition) is 1. The Balaban J connectivity index is 2.65. The Labute approximate surface area is 120 Å². The fourth-order valence-electron chi connectivity index (χ4n) is 2.13. The van der Waals surface area contributed by atoms with Gasteiger partial charge in [0.2, 0.25) is 5.91 Å². The molecule has 0 fully saturated rings. The monoisotopic (exact) mass is 277 g/mol. The van der Waals surface area contributed by atoms with Crippen molar-refractivity contribution >= 4 is 11.9 Å². The maximum Gasteiger partial charge on any atom is 0.323 e. The lowest BCUT2D eigenvalue weighted by molar-refractivity contribution is -0.144. The number of carbonyl (C=O) groups is 2. The third kappa shape index (κ3) is 4.68. The van der Waals surface area contributed by atoms with Crippen LogP contribution in [0.1, 0.15) is 44.2 Å². The molecule has 1 amide bonds. The number of likely N-dealkylation sites (N-methyl/N-ethyl adjacent to an activating group) is 1. The molecule has 0 saturated carbocycles. The van der Waals surface area contributed by atoms with Crippen LogP contribution in [0, 0.1) is 0 Å². The molecule has 0 aromatic heterocycles. The Morgan fingerprint density at radius 3 is 2.25 bits per heavy atom. The van der Waals surface area contributed by atoms with Gasteiger partial charge in [-0.2, -0.15) is 0 Å². The second-order valence-electron chi connectivity index (χ2n) is 5.00. The molecule has 4 heteroatoms. The van der Waals surface area contributed by atoms with Gasteiger partial charge in [-0.25, -0.2) is 0 Å². The molecule has 0 aliphatic heterocycles. The average Bonchev–Trinajstić information content (AvgIpc) is 2.44. The van der Waals surface area contributed by atoms with E-state index in [2.05, 4.69) is 19.1 Å². The molecular weight excluding hydrogens is 254 g/mol. The van der Waals surface area contributed by atoms with Gasteiger partial charge in [-0.05, 0) is 30.4 Å². The number of carboxylic acid groups (broad SMARTS) is 1. The van der Waals surface area contributed by atoms with Crippen LogP contribution in [0.3, 0.4) is 0 Å². The molecule has 0 spiro atoms. The van der Waals surface area contributed by atoms with Crippen molar-refractivity contribution in [2.24, 2.45) is 0 Å². The van der Waals surface area contributed by atoms with Gasteiger partial charge >= 0.3 is 5.97 Å². The molecule has 0 heterocycles. The summed E-state index contributed by atoms with van der Waals surface area (Å²) in [5.41, 5.74) is 2.38. The zero-order valence-electron chi connectivity index (χ0n) is 12.4. The number of hydrogen-bond acceptors (Lipinski definition) is 2. The zero-order chi connectivity index (χ0) is 15.1. The smallest absolute Gasteiger partial charge is 0.323 e. The van der Waals surface area contributed by atoms with Crippen LogP contribution in [-0.4, -0.2) is 35.0 Å². The Kier molecular flexibility index (Phi) is 6.22. The largest absolute Gasteiger partial charge is 0.480 e. The Bertz CT molecular complexity index is 453. The normalized spacial score (nSPS) is 11.9. The van der Waals surface area contributed by atoms with Gasteiger partial charge in [-0.1, -0.05) is 38.1 Å². The van der Waals surface area contributed by atoms with Crippen molar-refractivity contribution in [3.63, 3.8) is 0 Å². The maximum absolute atomic E-state index is 12.1. The van der Waals surface area contributed by atoms with E-state index >= 15 is 0 Å². The third-order valence-electron chi connectivity index (χ3n) is 3.50. The topological polar surface area (TPSA) is 57.6 Å². The van der Waals surface area contributed by atoms with Crippen molar-refractivity contribution in [3.8, 4) is 0 Å². The summed E-state index contributed by atoms with van der Waals surface area (Å²) in [6, 6.07) is 8.24. The SMILES string of the molecule is CCc1ccc(C(C)CC(=O)N(CC)CC(=O)O)cc1.